The maximum atomic E-state index is 12.4. The zero-order valence-electron chi connectivity index (χ0n) is 18.5. The maximum absolute atomic E-state index is 12.4. The molecule has 0 saturated carbocycles. The van der Waals surface area contributed by atoms with Crippen molar-refractivity contribution in [3.8, 4) is 0 Å². The number of urea groups is 1. The lowest BCUT2D eigenvalue weighted by Crippen LogP contribution is -2.48. The van der Waals surface area contributed by atoms with Crippen molar-refractivity contribution in [1.29, 1.82) is 0 Å². The minimum Gasteiger partial charge on any atom is -0.378 e. The van der Waals surface area contributed by atoms with E-state index in [2.05, 4.69) is 27.0 Å². The van der Waals surface area contributed by atoms with Gasteiger partial charge in [0.05, 0.1) is 13.2 Å². The molecule has 9 heteroatoms. The second-order valence-electron chi connectivity index (χ2n) is 7.89. The fourth-order valence-electron chi connectivity index (χ4n) is 4.07. The molecule has 2 fully saturated rings. The van der Waals surface area contributed by atoms with Gasteiger partial charge in [-0.2, -0.15) is 4.98 Å². The third-order valence-electron chi connectivity index (χ3n) is 5.69. The van der Waals surface area contributed by atoms with Crippen LogP contribution in [0, 0.1) is 0 Å². The van der Waals surface area contributed by atoms with E-state index in [1.807, 2.05) is 41.9 Å². The summed E-state index contributed by atoms with van der Waals surface area (Å²) in [6, 6.07) is 3.95. The van der Waals surface area contributed by atoms with E-state index in [4.69, 9.17) is 14.8 Å². The van der Waals surface area contributed by atoms with E-state index in [-0.39, 0.29) is 12.1 Å². The molecule has 4 rings (SSSR count). The minimum absolute atomic E-state index is 0.107. The number of rotatable bonds is 6. The van der Waals surface area contributed by atoms with Crippen LogP contribution in [-0.4, -0.2) is 66.1 Å². The normalized spacial score (nSPS) is 18.3. The van der Waals surface area contributed by atoms with Gasteiger partial charge >= 0.3 is 6.03 Å². The van der Waals surface area contributed by atoms with Gasteiger partial charge in [0, 0.05) is 44.1 Å². The molecule has 4 heterocycles. The number of hydrogen-bond acceptors (Lipinski definition) is 6. The summed E-state index contributed by atoms with van der Waals surface area (Å²) >= 11 is 0. The van der Waals surface area contributed by atoms with Gasteiger partial charge in [-0.1, -0.05) is 18.7 Å². The number of amides is 2. The molecule has 2 aromatic heterocycles. The summed E-state index contributed by atoms with van der Waals surface area (Å²) in [5.41, 5.74) is 1.72. The number of carbonyl (C=O) groups excluding carboxylic acids is 1. The molecular weight excluding hydrogens is 406 g/mol. The number of nitrogens with one attached hydrogen (secondary N) is 2. The number of piperidine rings is 1. The maximum Gasteiger partial charge on any atom is 0.319 e. The molecule has 0 radical (unpaired) electrons. The Morgan fingerprint density at radius 2 is 2.00 bits per heavy atom. The lowest BCUT2D eigenvalue weighted by molar-refractivity contribution is 0.122. The number of fused-ring (bicyclic) bond motifs is 1. The van der Waals surface area contributed by atoms with Crippen molar-refractivity contribution >= 4 is 23.3 Å². The summed E-state index contributed by atoms with van der Waals surface area (Å²) in [4.78, 5) is 21.8. The molecule has 0 spiro atoms. The van der Waals surface area contributed by atoms with Gasteiger partial charge < -0.3 is 25.2 Å². The third kappa shape index (κ3) is 5.11. The number of carbonyl (C=O) groups is 1. The van der Waals surface area contributed by atoms with Crippen LogP contribution in [0.25, 0.3) is 5.52 Å². The number of nitrogens with zero attached hydrogens (tertiary/aromatic N) is 5. The van der Waals surface area contributed by atoms with E-state index in [9.17, 15) is 4.79 Å². The summed E-state index contributed by atoms with van der Waals surface area (Å²) in [6.07, 6.45) is 10.8. The SMILES string of the molecule is C=C/C=C(\C=C/C)NC(=O)NC1CCN(c2nc(N3CCOCC3)c3cccn3n2)CC1. The van der Waals surface area contributed by atoms with Crippen molar-refractivity contribution in [3.05, 3.63) is 54.9 Å². The average molecular weight is 438 g/mol. The van der Waals surface area contributed by atoms with Gasteiger partial charge in [-0.05, 0) is 44.1 Å². The van der Waals surface area contributed by atoms with E-state index < -0.39 is 0 Å². The Labute approximate surface area is 188 Å². The quantitative estimate of drug-likeness (QED) is 0.676. The van der Waals surface area contributed by atoms with Crippen LogP contribution < -0.4 is 20.4 Å². The van der Waals surface area contributed by atoms with E-state index in [0.717, 1.165) is 56.3 Å². The van der Waals surface area contributed by atoms with Crippen LogP contribution in [0.2, 0.25) is 0 Å². The molecular formula is C23H31N7O2. The largest absolute Gasteiger partial charge is 0.378 e. The molecule has 2 amide bonds. The van der Waals surface area contributed by atoms with Crippen LogP contribution in [0.15, 0.2) is 54.9 Å². The van der Waals surface area contributed by atoms with Crippen LogP contribution in [0.3, 0.4) is 0 Å². The van der Waals surface area contributed by atoms with E-state index in [1.165, 1.54) is 0 Å². The van der Waals surface area contributed by atoms with Crippen molar-refractivity contribution in [1.82, 2.24) is 25.2 Å². The second-order valence-corrected chi connectivity index (χ2v) is 7.89. The molecule has 2 aliphatic heterocycles. The molecule has 2 N–H and O–H groups in total. The number of anilines is 2. The van der Waals surface area contributed by atoms with Crippen molar-refractivity contribution in [2.24, 2.45) is 0 Å². The van der Waals surface area contributed by atoms with Crippen LogP contribution in [0.5, 0.6) is 0 Å². The summed E-state index contributed by atoms with van der Waals surface area (Å²) in [5, 5.41) is 10.7. The number of ether oxygens (including phenoxy) is 1. The molecule has 2 saturated heterocycles. The predicted molar refractivity (Wildman–Crippen MR) is 126 cm³/mol. The molecule has 2 aromatic rings. The lowest BCUT2D eigenvalue weighted by atomic mass is 10.1. The number of allylic oxidation sites excluding steroid dienone is 4. The molecule has 0 bridgehead atoms. The second kappa shape index (κ2) is 10.3. The molecule has 170 valence electrons. The van der Waals surface area contributed by atoms with E-state index in [0.29, 0.717) is 18.9 Å². The summed E-state index contributed by atoms with van der Waals surface area (Å²) in [5.74, 6) is 1.68. The molecule has 9 nitrogen and oxygen atoms in total. The van der Waals surface area contributed by atoms with Crippen LogP contribution in [0.4, 0.5) is 16.6 Å². The Hall–Kier alpha value is -3.33. The molecule has 0 atom stereocenters. The van der Waals surface area contributed by atoms with Crippen LogP contribution in [-0.2, 0) is 4.74 Å². The summed E-state index contributed by atoms with van der Waals surface area (Å²) < 4.78 is 7.40. The zero-order chi connectivity index (χ0) is 22.3. The van der Waals surface area contributed by atoms with E-state index in [1.54, 1.807) is 12.2 Å². The van der Waals surface area contributed by atoms with Gasteiger partial charge in [-0.3, -0.25) is 0 Å². The fraction of sp³-hybridized carbons (Fsp3) is 0.435. The first-order valence-electron chi connectivity index (χ1n) is 11.1. The summed E-state index contributed by atoms with van der Waals surface area (Å²) in [6.45, 7) is 10.2. The van der Waals surface area contributed by atoms with Crippen molar-refractivity contribution in [3.63, 3.8) is 0 Å². The van der Waals surface area contributed by atoms with E-state index >= 15 is 0 Å². The summed E-state index contributed by atoms with van der Waals surface area (Å²) in [7, 11) is 0. The Bertz CT molecular complexity index is 999. The van der Waals surface area contributed by atoms with Gasteiger partial charge in [0.15, 0.2) is 5.82 Å². The Morgan fingerprint density at radius 1 is 1.22 bits per heavy atom. The average Bonchev–Trinajstić information content (AvgIpc) is 3.29. The van der Waals surface area contributed by atoms with Crippen molar-refractivity contribution < 1.29 is 9.53 Å². The van der Waals surface area contributed by atoms with Crippen molar-refractivity contribution in [2.45, 2.75) is 25.8 Å². The monoisotopic (exact) mass is 437 g/mol. The number of morpholine rings is 1. The zero-order valence-corrected chi connectivity index (χ0v) is 18.5. The highest BCUT2D eigenvalue weighted by Gasteiger charge is 2.25. The highest BCUT2D eigenvalue weighted by atomic mass is 16.5. The first-order valence-corrected chi connectivity index (χ1v) is 11.1. The van der Waals surface area contributed by atoms with Gasteiger partial charge in [-0.25, -0.2) is 9.31 Å². The molecule has 0 aliphatic carbocycles. The Balaban J connectivity index is 1.39. The molecule has 32 heavy (non-hydrogen) atoms. The topological polar surface area (TPSA) is 87.0 Å². The number of aromatic nitrogens is 3. The predicted octanol–water partition coefficient (Wildman–Crippen LogP) is 2.48. The molecule has 0 aromatic carbocycles. The lowest BCUT2D eigenvalue weighted by Gasteiger charge is -2.33. The highest BCUT2D eigenvalue weighted by molar-refractivity contribution is 5.77. The minimum atomic E-state index is -0.200. The van der Waals surface area contributed by atoms with Gasteiger partial charge in [-0.15, -0.1) is 5.10 Å². The smallest absolute Gasteiger partial charge is 0.319 e. The highest BCUT2D eigenvalue weighted by Crippen LogP contribution is 2.24. The standard InChI is InChI=1S/C23H31N7O2/c1-3-6-18(7-4-2)24-23(31)25-19-9-12-29(13-10-19)22-26-21(28-14-16-32-17-15-28)20-8-5-11-30(20)27-22/h3-8,11,19H,1,9-10,12-17H2,2H3,(H2,24,25,31)/b7-4-,18-6+. The Morgan fingerprint density at radius 3 is 2.72 bits per heavy atom. The first kappa shape index (κ1) is 21.9. The molecule has 2 aliphatic rings. The Kier molecular flexibility index (Phi) is 7.06. The van der Waals surface area contributed by atoms with Gasteiger partial charge in [0.25, 0.3) is 0 Å². The third-order valence-corrected chi connectivity index (χ3v) is 5.69. The van der Waals surface area contributed by atoms with Gasteiger partial charge in [0.1, 0.15) is 5.52 Å². The number of hydrogen-bond donors (Lipinski definition) is 2. The first-order chi connectivity index (χ1) is 15.7. The van der Waals surface area contributed by atoms with Crippen LogP contribution >= 0.6 is 0 Å². The van der Waals surface area contributed by atoms with Crippen molar-refractivity contribution in [2.75, 3.05) is 49.2 Å². The van der Waals surface area contributed by atoms with Crippen LogP contribution in [0.1, 0.15) is 19.8 Å². The fourth-order valence-corrected chi connectivity index (χ4v) is 4.07. The van der Waals surface area contributed by atoms with Gasteiger partial charge in [0.2, 0.25) is 5.95 Å². The molecule has 0 unspecified atom stereocenters.